The summed E-state index contributed by atoms with van der Waals surface area (Å²) in [5.41, 5.74) is 2.15. The van der Waals surface area contributed by atoms with Gasteiger partial charge in [0, 0.05) is 45.8 Å². The number of hydrogen-bond donors (Lipinski definition) is 1. The zero-order valence-corrected chi connectivity index (χ0v) is 16.8. The molecule has 1 aliphatic heterocycles. The van der Waals surface area contributed by atoms with Crippen molar-refractivity contribution in [1.82, 2.24) is 10.2 Å². The van der Waals surface area contributed by atoms with Crippen molar-refractivity contribution in [1.29, 1.82) is 0 Å². The van der Waals surface area contributed by atoms with Gasteiger partial charge in [-0.05, 0) is 35.4 Å². The number of nitrogens with zero attached hydrogens (tertiary/aromatic N) is 2. The molecule has 0 spiro atoms. The molecule has 2 aromatic carbocycles. The Hall–Kier alpha value is -2.54. The molecule has 3 rings (SSSR count). The van der Waals surface area contributed by atoms with Crippen LogP contribution in [0.3, 0.4) is 0 Å². The first-order chi connectivity index (χ1) is 13.7. The third kappa shape index (κ3) is 4.90. The van der Waals surface area contributed by atoms with Crippen LogP contribution < -0.4 is 10.2 Å². The second-order valence-corrected chi connectivity index (χ2v) is 7.69. The van der Waals surface area contributed by atoms with Crippen molar-refractivity contribution in [2.24, 2.45) is 0 Å². The lowest BCUT2D eigenvalue weighted by atomic mass is 9.92. The molecule has 0 saturated carbocycles. The Balaban J connectivity index is 1.68. The van der Waals surface area contributed by atoms with E-state index in [2.05, 4.69) is 5.32 Å². The number of nitrogens with one attached hydrogen (secondary N) is 1. The molecule has 1 aliphatic rings. The number of likely N-dealkylation sites (N-methyl/N-ethyl adjacent to an activating group) is 1. The molecule has 0 aromatic heterocycles. The van der Waals surface area contributed by atoms with Gasteiger partial charge in [0.15, 0.2) is 0 Å². The van der Waals surface area contributed by atoms with E-state index in [-0.39, 0.29) is 17.9 Å². The molecule has 0 bridgehead atoms. The Labute approximate surface area is 169 Å². The third-order valence-electron chi connectivity index (χ3n) is 5.55. The van der Waals surface area contributed by atoms with E-state index >= 15 is 0 Å². The Bertz CT molecular complexity index is 832. The van der Waals surface area contributed by atoms with Gasteiger partial charge in [-0.3, -0.25) is 4.79 Å². The lowest BCUT2D eigenvalue weighted by Crippen LogP contribution is -2.42. The molecule has 1 N–H and O–H groups in total. The number of carbonyl (C=O) groups excluding carboxylic acids is 1. The van der Waals surface area contributed by atoms with Crippen LogP contribution in [0.4, 0.5) is 18.9 Å². The van der Waals surface area contributed by atoms with Crippen LogP contribution in [-0.2, 0) is 17.4 Å². The van der Waals surface area contributed by atoms with Crippen molar-refractivity contribution in [2.45, 2.75) is 24.6 Å². The number of carbonyl (C=O) groups is 1. The smallest absolute Gasteiger partial charge is 0.378 e. The van der Waals surface area contributed by atoms with Gasteiger partial charge in [-0.25, -0.2) is 0 Å². The highest BCUT2D eigenvalue weighted by atomic mass is 19.4. The van der Waals surface area contributed by atoms with Gasteiger partial charge in [-0.15, -0.1) is 0 Å². The molecule has 0 unspecified atom stereocenters. The fourth-order valence-electron chi connectivity index (χ4n) is 3.73. The molecule has 156 valence electrons. The van der Waals surface area contributed by atoms with Crippen LogP contribution in [0.5, 0.6) is 0 Å². The lowest BCUT2D eigenvalue weighted by Gasteiger charge is -2.29. The summed E-state index contributed by atoms with van der Waals surface area (Å²) in [4.78, 5) is 16.5. The minimum Gasteiger partial charge on any atom is -0.378 e. The van der Waals surface area contributed by atoms with Gasteiger partial charge in [0.05, 0.1) is 18.0 Å². The van der Waals surface area contributed by atoms with Crippen molar-refractivity contribution in [2.75, 3.05) is 39.1 Å². The molecule has 7 heteroatoms. The number of benzene rings is 2. The molecule has 29 heavy (non-hydrogen) atoms. The van der Waals surface area contributed by atoms with Crippen molar-refractivity contribution in [3.05, 3.63) is 65.2 Å². The second-order valence-electron chi connectivity index (χ2n) is 7.69. The van der Waals surface area contributed by atoms with Crippen LogP contribution in [0.2, 0.25) is 0 Å². The first-order valence-electron chi connectivity index (χ1n) is 9.56. The van der Waals surface area contributed by atoms with Crippen LogP contribution >= 0.6 is 0 Å². The molecular weight excluding hydrogens is 379 g/mol. The summed E-state index contributed by atoms with van der Waals surface area (Å²) < 4.78 is 38.4. The molecule has 1 fully saturated rings. The predicted molar refractivity (Wildman–Crippen MR) is 108 cm³/mol. The summed E-state index contributed by atoms with van der Waals surface area (Å²) in [7, 11) is 5.69. The zero-order valence-electron chi connectivity index (χ0n) is 16.8. The van der Waals surface area contributed by atoms with E-state index in [9.17, 15) is 18.0 Å². The van der Waals surface area contributed by atoms with Crippen LogP contribution in [0.25, 0.3) is 0 Å². The number of halogens is 3. The van der Waals surface area contributed by atoms with Crippen molar-refractivity contribution >= 4 is 11.6 Å². The minimum atomic E-state index is -4.35. The van der Waals surface area contributed by atoms with E-state index < -0.39 is 11.7 Å². The van der Waals surface area contributed by atoms with Crippen LogP contribution in [0, 0.1) is 0 Å². The highest BCUT2D eigenvalue weighted by Gasteiger charge is 2.35. The van der Waals surface area contributed by atoms with Crippen molar-refractivity contribution < 1.29 is 18.0 Å². The minimum absolute atomic E-state index is 0.00628. The highest BCUT2D eigenvalue weighted by Crippen LogP contribution is 2.32. The van der Waals surface area contributed by atoms with Gasteiger partial charge in [-0.1, -0.05) is 24.3 Å². The molecule has 0 aliphatic carbocycles. The maximum absolute atomic E-state index is 12.8. The maximum Gasteiger partial charge on any atom is 0.416 e. The fourth-order valence-corrected chi connectivity index (χ4v) is 3.73. The summed E-state index contributed by atoms with van der Waals surface area (Å²) in [5, 5.41) is 3.26. The number of rotatable bonds is 5. The molecule has 0 radical (unpaired) electrons. The Morgan fingerprint density at radius 2 is 1.62 bits per heavy atom. The largest absolute Gasteiger partial charge is 0.416 e. The summed E-state index contributed by atoms with van der Waals surface area (Å²) in [6, 6.07) is 13.0. The monoisotopic (exact) mass is 405 g/mol. The van der Waals surface area contributed by atoms with Gasteiger partial charge < -0.3 is 15.1 Å². The third-order valence-corrected chi connectivity index (χ3v) is 5.55. The topological polar surface area (TPSA) is 35.6 Å². The predicted octanol–water partition coefficient (Wildman–Crippen LogP) is 3.53. The maximum atomic E-state index is 12.8. The van der Waals surface area contributed by atoms with Crippen molar-refractivity contribution in [3.8, 4) is 0 Å². The molecule has 1 amide bonds. The normalized spacial score (nSPS) is 19.2. The Kier molecular flexibility index (Phi) is 6.17. The Morgan fingerprint density at radius 3 is 2.17 bits per heavy atom. The van der Waals surface area contributed by atoms with E-state index in [4.69, 9.17) is 0 Å². The molecule has 4 nitrogen and oxygen atoms in total. The standard InChI is InChI=1S/C22H26F3N3O/c1-27(2)18-10-4-15(5-11-18)12-21(29)28(3)20-14-26-13-19(20)16-6-8-17(9-7-16)22(23,24)25/h4-11,19-20,26H,12-14H2,1-3H3/t19-,20+/m0/s1. The van der Waals surface area contributed by atoms with Crippen LogP contribution in [0.1, 0.15) is 22.6 Å². The quantitative estimate of drug-likeness (QED) is 0.827. The van der Waals surface area contributed by atoms with Gasteiger partial charge >= 0.3 is 6.18 Å². The fraction of sp³-hybridized carbons (Fsp3) is 0.409. The first-order valence-corrected chi connectivity index (χ1v) is 9.56. The number of alkyl halides is 3. The Morgan fingerprint density at radius 1 is 1.00 bits per heavy atom. The molecular formula is C22H26F3N3O. The van der Waals surface area contributed by atoms with E-state index in [1.165, 1.54) is 12.1 Å². The summed E-state index contributed by atoms with van der Waals surface area (Å²) in [6.07, 6.45) is -4.05. The number of amides is 1. The van der Waals surface area contributed by atoms with Gasteiger partial charge in [0.1, 0.15) is 0 Å². The average Bonchev–Trinajstić information content (AvgIpc) is 3.17. The van der Waals surface area contributed by atoms with Crippen LogP contribution in [0.15, 0.2) is 48.5 Å². The summed E-state index contributed by atoms with van der Waals surface area (Å²) in [6.45, 7) is 1.25. The molecule has 1 saturated heterocycles. The average molecular weight is 405 g/mol. The summed E-state index contributed by atoms with van der Waals surface area (Å²) in [5.74, 6) is -0.0458. The molecule has 1 heterocycles. The number of hydrogen-bond acceptors (Lipinski definition) is 3. The first kappa shape index (κ1) is 21.2. The lowest BCUT2D eigenvalue weighted by molar-refractivity contribution is -0.137. The van der Waals surface area contributed by atoms with Crippen LogP contribution in [-0.4, -0.2) is 51.1 Å². The zero-order chi connectivity index (χ0) is 21.2. The highest BCUT2D eigenvalue weighted by molar-refractivity contribution is 5.79. The SMILES string of the molecule is CN(C)c1ccc(CC(=O)N(C)[C@@H]2CNC[C@H]2c2ccc(C(F)(F)F)cc2)cc1. The molecule has 2 aromatic rings. The summed E-state index contributed by atoms with van der Waals surface area (Å²) >= 11 is 0. The van der Waals surface area contributed by atoms with E-state index in [1.54, 1.807) is 11.9 Å². The van der Waals surface area contributed by atoms with E-state index in [1.807, 2.05) is 43.3 Å². The van der Waals surface area contributed by atoms with Crippen molar-refractivity contribution in [3.63, 3.8) is 0 Å². The molecule has 2 atom stereocenters. The second kappa shape index (κ2) is 8.45. The van der Waals surface area contributed by atoms with Gasteiger partial charge in [-0.2, -0.15) is 13.2 Å². The van der Waals surface area contributed by atoms with Gasteiger partial charge in [0.25, 0.3) is 0 Å². The van der Waals surface area contributed by atoms with E-state index in [0.29, 0.717) is 19.5 Å². The van der Waals surface area contributed by atoms with E-state index in [0.717, 1.165) is 28.9 Å². The number of anilines is 1. The van der Waals surface area contributed by atoms with Gasteiger partial charge in [0.2, 0.25) is 5.91 Å².